The first-order valence-corrected chi connectivity index (χ1v) is 5.18. The zero-order valence-corrected chi connectivity index (χ0v) is 9.11. The molecule has 1 fully saturated rings. The smallest absolute Gasteiger partial charge is 0 e. The van der Waals surface area contributed by atoms with Gasteiger partial charge in [-0.15, -0.1) is 0 Å². The molecule has 0 atom stereocenters. The number of carbonyl (C=O) groups excluding carboxylic acids is 1. The summed E-state index contributed by atoms with van der Waals surface area (Å²) >= 11 is 0.231. The van der Waals surface area contributed by atoms with Gasteiger partial charge in [0.25, 0.3) is 0 Å². The molecule has 0 aliphatic carbocycles. The van der Waals surface area contributed by atoms with Crippen molar-refractivity contribution < 1.29 is 46.4 Å². The fraction of sp³-hybridized carbons (Fsp3) is 0.750. The van der Waals surface area contributed by atoms with Crippen LogP contribution in [0.15, 0.2) is 0 Å². The average Bonchev–Trinajstić information content (AvgIpc) is 1.69. The Labute approximate surface area is 72.7 Å². The van der Waals surface area contributed by atoms with Crippen LogP contribution in [0.5, 0.6) is 0 Å². The molecule has 0 saturated carbocycles. The average molecular weight is 397 g/mol. The molecule has 1 amide bonds. The van der Waals surface area contributed by atoms with Crippen LogP contribution in [0.2, 0.25) is 0 Å². The second-order valence-electron chi connectivity index (χ2n) is 1.29. The van der Waals surface area contributed by atoms with Crippen molar-refractivity contribution in [2.45, 2.75) is 0 Å². The largest absolute Gasteiger partial charge is 0 e. The van der Waals surface area contributed by atoms with E-state index in [1.54, 1.807) is 0 Å². The first-order valence-electron chi connectivity index (χ1n) is 2.13. The number of carbonyl (C=O) groups is 1. The zero-order valence-electron chi connectivity index (χ0n) is 4.23. The monoisotopic (exact) mass is 398 g/mol. The summed E-state index contributed by atoms with van der Waals surface area (Å²) in [6, 6.07) is 0. The Kier molecular flexibility index (Phi) is 5.22. The molecule has 0 aromatic carbocycles. The van der Waals surface area contributed by atoms with E-state index in [0.29, 0.717) is 0 Å². The van der Waals surface area contributed by atoms with Gasteiger partial charge in [-0.1, -0.05) is 0 Å². The quantitative estimate of drug-likeness (QED) is 0.317. The molecule has 0 bridgehead atoms. The molecule has 49 valence electrons. The van der Waals surface area contributed by atoms with Gasteiger partial charge in [-0.2, -0.15) is 0 Å². The summed E-state index contributed by atoms with van der Waals surface area (Å²) in [6.07, 6.45) is 0. The minimum atomic E-state index is 0. The maximum Gasteiger partial charge on any atom is 0 e. The Hall–Kier alpha value is 0.862. The summed E-state index contributed by atoms with van der Waals surface area (Å²) in [5, 5.41) is 3.72. The minimum absolute atomic E-state index is 0. The van der Waals surface area contributed by atoms with E-state index < -0.39 is 0 Å². The molecule has 0 unspecified atom stereocenters. The second-order valence-corrected chi connectivity index (χ2v) is 4.21. The van der Waals surface area contributed by atoms with Gasteiger partial charge in [0.2, 0.25) is 0 Å². The van der Waals surface area contributed by atoms with E-state index in [1.165, 1.54) is 4.43 Å². The number of halogens is 1. The molecule has 0 spiro atoms. The second kappa shape index (κ2) is 4.71. The Bertz CT molecular complexity index is 80.1. The molecule has 1 aliphatic heterocycles. The number of hydrogen-bond donors (Lipinski definition) is 0. The fourth-order valence-corrected chi connectivity index (χ4v) is 2.08. The molecule has 8 heavy (non-hydrogen) atoms. The molecule has 1 radical (unpaired) electrons. The standard InChI is InChI=1S/C4H7INO.Re/c7-4-3-5-1-2-6-4;/h1-3H2,(H,6,7);/q-1;/p-1. The molecule has 2 nitrogen and oxygen atoms in total. The predicted molar refractivity (Wildman–Crippen MR) is 23.0 cm³/mol. The van der Waals surface area contributed by atoms with Crippen molar-refractivity contribution >= 4 is 5.91 Å². The van der Waals surface area contributed by atoms with Gasteiger partial charge >= 0.3 is 52.6 Å². The summed E-state index contributed by atoms with van der Waals surface area (Å²) in [5.74, 6) is 0.138. The first-order chi connectivity index (χ1) is 3.39. The summed E-state index contributed by atoms with van der Waals surface area (Å²) in [6.45, 7) is 0.812. The number of rotatable bonds is 0. The first kappa shape index (κ1) is 8.86. The van der Waals surface area contributed by atoms with Gasteiger partial charge in [0.15, 0.2) is 0 Å². The van der Waals surface area contributed by atoms with E-state index in [4.69, 9.17) is 0 Å². The maximum atomic E-state index is 10.3. The molecule has 1 rings (SSSR count). The van der Waals surface area contributed by atoms with Gasteiger partial charge < -0.3 is 0 Å². The Morgan fingerprint density at radius 1 is 1.62 bits per heavy atom. The Balaban J connectivity index is 0.000000490. The zero-order chi connectivity index (χ0) is 5.11. The fourth-order valence-electron chi connectivity index (χ4n) is 0.417. The number of nitrogens with zero attached hydrogens (tertiary/aromatic N) is 1. The van der Waals surface area contributed by atoms with Crippen LogP contribution in [-0.4, -0.2) is 21.3 Å². The Morgan fingerprint density at radius 3 is 2.62 bits per heavy atom. The minimum Gasteiger partial charge on any atom is 0 e. The third-order valence-corrected chi connectivity index (χ3v) is 3.15. The molecular formula is C4H6INORe-2. The van der Waals surface area contributed by atoms with Crippen molar-refractivity contribution in [1.29, 1.82) is 0 Å². The molecular weight excluding hydrogens is 391 g/mol. The van der Waals surface area contributed by atoms with Crippen molar-refractivity contribution in [1.82, 2.24) is 0 Å². The van der Waals surface area contributed by atoms with Crippen LogP contribution in [0.1, 0.15) is 0 Å². The van der Waals surface area contributed by atoms with Crippen LogP contribution in [0.3, 0.4) is 0 Å². The maximum absolute atomic E-state index is 10.3. The van der Waals surface area contributed by atoms with Gasteiger partial charge in [0.05, 0.1) is 0 Å². The third-order valence-electron chi connectivity index (χ3n) is 0.715. The Morgan fingerprint density at radius 2 is 2.38 bits per heavy atom. The van der Waals surface area contributed by atoms with Crippen molar-refractivity contribution in [3.8, 4) is 0 Å². The van der Waals surface area contributed by atoms with Crippen LogP contribution in [0.25, 0.3) is 5.32 Å². The van der Waals surface area contributed by atoms with E-state index >= 15 is 0 Å². The SMILES string of the molecule is O=C1C[I-]CC[N-]1.[Re]. The van der Waals surface area contributed by atoms with E-state index in [-0.39, 0.29) is 47.5 Å². The summed E-state index contributed by atoms with van der Waals surface area (Å²) in [5.41, 5.74) is 0. The number of amides is 1. The predicted octanol–water partition coefficient (Wildman–Crippen LogP) is -3.01. The topological polar surface area (TPSA) is 31.2 Å². The van der Waals surface area contributed by atoms with Crippen LogP contribution >= 0.6 is 0 Å². The van der Waals surface area contributed by atoms with Gasteiger partial charge in [-0.05, 0) is 0 Å². The van der Waals surface area contributed by atoms with Gasteiger partial charge in [0, 0.05) is 20.4 Å². The third kappa shape index (κ3) is 3.00. The van der Waals surface area contributed by atoms with Crippen molar-refractivity contribution in [3.63, 3.8) is 0 Å². The van der Waals surface area contributed by atoms with Crippen LogP contribution in [-0.2, 0) is 25.2 Å². The molecule has 0 aromatic rings. The van der Waals surface area contributed by atoms with Gasteiger partial charge in [-0.3, -0.25) is 0 Å². The van der Waals surface area contributed by atoms with Gasteiger partial charge in [-0.25, -0.2) is 0 Å². The van der Waals surface area contributed by atoms with Crippen LogP contribution in [0, 0.1) is 0 Å². The summed E-state index contributed by atoms with van der Waals surface area (Å²) in [7, 11) is 0. The van der Waals surface area contributed by atoms with Crippen molar-refractivity contribution in [2.24, 2.45) is 0 Å². The van der Waals surface area contributed by atoms with E-state index in [2.05, 4.69) is 5.32 Å². The molecule has 1 saturated heterocycles. The normalized spacial score (nSPS) is 19.8. The summed E-state index contributed by atoms with van der Waals surface area (Å²) < 4.78 is 2.00. The van der Waals surface area contributed by atoms with Crippen molar-refractivity contribution in [2.75, 3.05) is 15.4 Å². The summed E-state index contributed by atoms with van der Waals surface area (Å²) in [4.78, 5) is 10.3. The molecule has 4 heteroatoms. The number of hydrogen-bond acceptors (Lipinski definition) is 1. The van der Waals surface area contributed by atoms with Crippen LogP contribution in [0.4, 0.5) is 0 Å². The van der Waals surface area contributed by atoms with E-state index in [9.17, 15) is 4.79 Å². The molecule has 0 N–H and O–H groups in total. The molecule has 0 aromatic heterocycles. The molecule has 1 heterocycles. The van der Waals surface area contributed by atoms with E-state index in [0.717, 1.165) is 11.0 Å². The van der Waals surface area contributed by atoms with Crippen molar-refractivity contribution in [3.05, 3.63) is 5.32 Å². The van der Waals surface area contributed by atoms with Gasteiger partial charge in [0.1, 0.15) is 0 Å². The van der Waals surface area contributed by atoms with E-state index in [1.807, 2.05) is 0 Å². The van der Waals surface area contributed by atoms with Crippen LogP contribution < -0.4 is 21.2 Å². The molecule has 1 aliphatic rings. The number of alkyl halides is 2.